The van der Waals surface area contributed by atoms with Gasteiger partial charge in [-0.2, -0.15) is 0 Å². The zero-order chi connectivity index (χ0) is 12.5. The molecule has 1 N–H and O–H groups in total. The quantitative estimate of drug-likeness (QED) is 0.814. The Kier molecular flexibility index (Phi) is 3.80. The van der Waals surface area contributed by atoms with Gasteiger partial charge in [0.25, 0.3) is 0 Å². The monoisotopic (exact) mass is 261 g/mol. The summed E-state index contributed by atoms with van der Waals surface area (Å²) in [5.74, 6) is 0.357. The molecule has 2 atom stereocenters. The van der Waals surface area contributed by atoms with Crippen LogP contribution in [0.4, 0.5) is 0 Å². The molecule has 0 aromatic carbocycles. The molecule has 17 heavy (non-hydrogen) atoms. The Morgan fingerprint density at radius 2 is 2.12 bits per heavy atom. The maximum atomic E-state index is 11.9. The molecule has 5 heteroatoms. The number of hydrogen-bond acceptors (Lipinski definition) is 4. The van der Waals surface area contributed by atoms with E-state index in [0.717, 1.165) is 25.8 Å². The van der Waals surface area contributed by atoms with Gasteiger partial charge in [-0.3, -0.25) is 5.32 Å². The van der Waals surface area contributed by atoms with E-state index in [9.17, 15) is 8.42 Å². The van der Waals surface area contributed by atoms with Gasteiger partial charge in [0.1, 0.15) is 6.23 Å². The van der Waals surface area contributed by atoms with Crippen molar-refractivity contribution in [2.75, 3.05) is 18.9 Å². The van der Waals surface area contributed by atoms with Crippen LogP contribution in [0.25, 0.3) is 0 Å². The highest BCUT2D eigenvalue weighted by atomic mass is 32.2. The molecule has 0 radical (unpaired) electrons. The lowest BCUT2D eigenvalue weighted by molar-refractivity contribution is -0.0612. The molecule has 0 bridgehead atoms. The van der Waals surface area contributed by atoms with Gasteiger partial charge in [0.05, 0.1) is 17.6 Å². The molecule has 0 aromatic rings. The first-order valence-corrected chi connectivity index (χ1v) is 8.17. The Balaban J connectivity index is 1.89. The minimum atomic E-state index is -2.87. The molecular weight excluding hydrogens is 238 g/mol. The van der Waals surface area contributed by atoms with Crippen molar-refractivity contribution in [3.8, 4) is 0 Å². The lowest BCUT2D eigenvalue weighted by atomic mass is 9.93. The second-order valence-electron chi connectivity index (χ2n) is 6.07. The third-order valence-electron chi connectivity index (χ3n) is 3.67. The van der Waals surface area contributed by atoms with Gasteiger partial charge in [-0.05, 0) is 12.8 Å². The largest absolute Gasteiger partial charge is 0.363 e. The average Bonchev–Trinajstić information content (AvgIpc) is 2.24. The van der Waals surface area contributed by atoms with Crippen molar-refractivity contribution >= 4 is 9.84 Å². The number of rotatable bonds is 2. The Hall–Kier alpha value is -0.130. The molecule has 2 aliphatic rings. The molecule has 0 spiro atoms. The SMILES string of the molecule is CC1(C)CNC(CC2CCCCS2(=O)=O)OC1. The van der Waals surface area contributed by atoms with E-state index in [0.29, 0.717) is 18.8 Å². The van der Waals surface area contributed by atoms with Crippen molar-refractivity contribution < 1.29 is 13.2 Å². The molecule has 100 valence electrons. The first-order valence-electron chi connectivity index (χ1n) is 6.46. The highest BCUT2D eigenvalue weighted by molar-refractivity contribution is 7.92. The standard InChI is InChI=1S/C12H23NO3S/c1-12(2)8-13-11(16-9-12)7-10-5-3-4-6-17(10,14)15/h10-11,13H,3-9H2,1-2H3. The fourth-order valence-electron chi connectivity index (χ4n) is 2.50. The summed E-state index contributed by atoms with van der Waals surface area (Å²) in [6.45, 7) is 5.89. The molecule has 4 nitrogen and oxygen atoms in total. The van der Waals surface area contributed by atoms with Crippen molar-refractivity contribution in [1.82, 2.24) is 5.32 Å². The second-order valence-corrected chi connectivity index (χ2v) is 8.47. The Bertz CT molecular complexity index is 354. The van der Waals surface area contributed by atoms with Gasteiger partial charge in [-0.15, -0.1) is 0 Å². The predicted molar refractivity (Wildman–Crippen MR) is 67.6 cm³/mol. The summed E-state index contributed by atoms with van der Waals surface area (Å²) in [6.07, 6.45) is 3.18. The van der Waals surface area contributed by atoms with E-state index >= 15 is 0 Å². The maximum Gasteiger partial charge on any atom is 0.153 e. The molecule has 2 heterocycles. The Morgan fingerprint density at radius 3 is 2.71 bits per heavy atom. The molecular formula is C12H23NO3S. The van der Waals surface area contributed by atoms with Crippen LogP contribution in [0.3, 0.4) is 0 Å². The topological polar surface area (TPSA) is 55.4 Å². The summed E-state index contributed by atoms with van der Waals surface area (Å²) in [4.78, 5) is 0. The summed E-state index contributed by atoms with van der Waals surface area (Å²) in [7, 11) is -2.87. The third-order valence-corrected chi connectivity index (χ3v) is 5.97. The number of nitrogens with one attached hydrogen (secondary N) is 1. The van der Waals surface area contributed by atoms with Crippen molar-refractivity contribution in [1.29, 1.82) is 0 Å². The minimum absolute atomic E-state index is 0.0825. The smallest absolute Gasteiger partial charge is 0.153 e. The zero-order valence-electron chi connectivity index (χ0n) is 10.7. The molecule has 0 amide bonds. The van der Waals surface area contributed by atoms with Crippen LogP contribution in [0.15, 0.2) is 0 Å². The van der Waals surface area contributed by atoms with Crippen LogP contribution in [-0.4, -0.2) is 38.8 Å². The van der Waals surface area contributed by atoms with Gasteiger partial charge in [-0.1, -0.05) is 20.3 Å². The minimum Gasteiger partial charge on any atom is -0.363 e. The van der Waals surface area contributed by atoms with E-state index in [-0.39, 0.29) is 16.9 Å². The van der Waals surface area contributed by atoms with Gasteiger partial charge in [0.15, 0.2) is 9.84 Å². The molecule has 2 saturated heterocycles. The second kappa shape index (κ2) is 4.86. The van der Waals surface area contributed by atoms with Crippen LogP contribution in [0.2, 0.25) is 0 Å². The summed E-state index contributed by atoms with van der Waals surface area (Å²) in [6, 6.07) is 0. The summed E-state index contributed by atoms with van der Waals surface area (Å²) < 4.78 is 29.5. The third kappa shape index (κ3) is 3.42. The highest BCUT2D eigenvalue weighted by Gasteiger charge is 2.34. The fourth-order valence-corrected chi connectivity index (χ4v) is 4.44. The van der Waals surface area contributed by atoms with Gasteiger partial charge >= 0.3 is 0 Å². The first-order chi connectivity index (χ1) is 7.89. The van der Waals surface area contributed by atoms with Crippen LogP contribution >= 0.6 is 0 Å². The maximum absolute atomic E-state index is 11.9. The summed E-state index contributed by atoms with van der Waals surface area (Å²) in [5, 5.41) is 3.11. The molecule has 0 aliphatic carbocycles. The molecule has 2 rings (SSSR count). The average molecular weight is 261 g/mol. The van der Waals surface area contributed by atoms with E-state index in [1.54, 1.807) is 0 Å². The van der Waals surface area contributed by atoms with Gasteiger partial charge < -0.3 is 4.74 Å². The van der Waals surface area contributed by atoms with Crippen LogP contribution in [-0.2, 0) is 14.6 Å². The van der Waals surface area contributed by atoms with Crippen LogP contribution in [0.5, 0.6) is 0 Å². The van der Waals surface area contributed by atoms with E-state index < -0.39 is 9.84 Å². The van der Waals surface area contributed by atoms with Crippen LogP contribution < -0.4 is 5.32 Å². The van der Waals surface area contributed by atoms with Crippen LogP contribution in [0.1, 0.15) is 39.5 Å². The fraction of sp³-hybridized carbons (Fsp3) is 1.00. The zero-order valence-corrected chi connectivity index (χ0v) is 11.6. The van der Waals surface area contributed by atoms with Crippen molar-refractivity contribution in [2.45, 2.75) is 51.0 Å². The van der Waals surface area contributed by atoms with Crippen LogP contribution in [0, 0.1) is 5.41 Å². The molecule has 0 aromatic heterocycles. The number of hydrogen-bond donors (Lipinski definition) is 1. The van der Waals surface area contributed by atoms with Gasteiger partial charge in [-0.25, -0.2) is 8.42 Å². The van der Waals surface area contributed by atoms with E-state index in [1.807, 2.05) is 0 Å². The number of ether oxygens (including phenoxy) is 1. The molecule has 2 aliphatic heterocycles. The van der Waals surface area contributed by atoms with Crippen molar-refractivity contribution in [3.05, 3.63) is 0 Å². The molecule has 2 fully saturated rings. The lowest BCUT2D eigenvalue weighted by Crippen LogP contribution is -2.49. The van der Waals surface area contributed by atoms with Crippen molar-refractivity contribution in [2.24, 2.45) is 5.41 Å². The van der Waals surface area contributed by atoms with Gasteiger partial charge in [0.2, 0.25) is 0 Å². The van der Waals surface area contributed by atoms with Gasteiger partial charge in [0, 0.05) is 18.4 Å². The highest BCUT2D eigenvalue weighted by Crippen LogP contribution is 2.26. The normalized spacial score (nSPS) is 36.6. The van der Waals surface area contributed by atoms with E-state index in [4.69, 9.17) is 4.74 Å². The van der Waals surface area contributed by atoms with E-state index in [1.165, 1.54) is 0 Å². The Morgan fingerprint density at radius 1 is 1.35 bits per heavy atom. The molecule has 0 saturated carbocycles. The first kappa shape index (κ1) is 13.3. The Labute approximate surface area is 104 Å². The predicted octanol–water partition coefficient (Wildman–Crippen LogP) is 1.32. The summed E-state index contributed by atoms with van der Waals surface area (Å²) >= 11 is 0. The molecule has 2 unspecified atom stereocenters. The van der Waals surface area contributed by atoms with Crippen molar-refractivity contribution in [3.63, 3.8) is 0 Å². The van der Waals surface area contributed by atoms with E-state index in [2.05, 4.69) is 19.2 Å². The number of sulfone groups is 1. The summed E-state index contributed by atoms with van der Waals surface area (Å²) in [5.41, 5.74) is 0.155. The lowest BCUT2D eigenvalue weighted by Gasteiger charge is -2.37.